The average Bonchev–Trinajstić information content (AvgIpc) is 2.51. The van der Waals surface area contributed by atoms with Gasteiger partial charge in [0, 0.05) is 13.1 Å². The first-order valence-electron chi connectivity index (χ1n) is 4.61. The molecule has 0 aliphatic rings. The molecule has 0 atom stereocenters. The average molecular weight is 200 g/mol. The maximum absolute atomic E-state index is 5.53. The zero-order valence-electron chi connectivity index (χ0n) is 8.16. The lowest BCUT2D eigenvalue weighted by Crippen LogP contribution is -2.24. The molecular weight excluding hydrogens is 184 g/mol. The highest BCUT2D eigenvalue weighted by molar-refractivity contribution is 7.18. The maximum Gasteiger partial charge on any atom is 0.209 e. The predicted molar refractivity (Wildman–Crippen MR) is 57.1 cm³/mol. The van der Waals surface area contributed by atoms with Gasteiger partial charge in [-0.25, -0.2) is 0 Å². The van der Waals surface area contributed by atoms with Crippen molar-refractivity contribution in [2.45, 2.75) is 26.7 Å². The van der Waals surface area contributed by atoms with Crippen LogP contribution in [0.5, 0.6) is 0 Å². The number of aromatic nitrogens is 2. The van der Waals surface area contributed by atoms with Gasteiger partial charge < -0.3 is 10.6 Å². The van der Waals surface area contributed by atoms with E-state index in [0.29, 0.717) is 5.13 Å². The summed E-state index contributed by atoms with van der Waals surface area (Å²) in [5, 5.41) is 9.32. The maximum atomic E-state index is 5.53. The Bertz CT molecular complexity index is 242. The van der Waals surface area contributed by atoms with Gasteiger partial charge in [0.25, 0.3) is 0 Å². The highest BCUT2D eigenvalue weighted by Gasteiger charge is 2.08. The molecule has 0 bridgehead atoms. The van der Waals surface area contributed by atoms with E-state index in [1.807, 2.05) is 0 Å². The number of hydrogen-bond acceptors (Lipinski definition) is 5. The highest BCUT2D eigenvalue weighted by atomic mass is 32.1. The van der Waals surface area contributed by atoms with Crippen molar-refractivity contribution >= 4 is 21.6 Å². The van der Waals surface area contributed by atoms with Gasteiger partial charge >= 0.3 is 0 Å². The second kappa shape index (κ2) is 5.01. The Morgan fingerprint density at radius 3 is 2.23 bits per heavy atom. The molecule has 1 heterocycles. The van der Waals surface area contributed by atoms with Gasteiger partial charge in [-0.15, -0.1) is 10.2 Å². The van der Waals surface area contributed by atoms with E-state index in [1.165, 1.54) is 11.3 Å². The zero-order valence-corrected chi connectivity index (χ0v) is 8.97. The van der Waals surface area contributed by atoms with E-state index in [1.54, 1.807) is 0 Å². The Morgan fingerprint density at radius 2 is 1.85 bits per heavy atom. The summed E-state index contributed by atoms with van der Waals surface area (Å²) >= 11 is 1.46. The van der Waals surface area contributed by atoms with Crippen molar-refractivity contribution in [2.75, 3.05) is 23.7 Å². The molecular formula is C8H16N4S. The largest absolute Gasteiger partial charge is 0.374 e. The number of anilines is 2. The first kappa shape index (κ1) is 10.2. The van der Waals surface area contributed by atoms with Crippen LogP contribution >= 0.6 is 11.3 Å². The molecule has 0 radical (unpaired) electrons. The third-order valence-corrected chi connectivity index (χ3v) is 2.50. The standard InChI is InChI=1S/C8H16N4S/c1-3-5-12(6-4-2)8-11-10-7(9)13-8/h3-6H2,1-2H3,(H2,9,10). The van der Waals surface area contributed by atoms with Gasteiger partial charge in [0.2, 0.25) is 10.3 Å². The summed E-state index contributed by atoms with van der Waals surface area (Å²) in [5.74, 6) is 0. The van der Waals surface area contributed by atoms with Crippen molar-refractivity contribution in [1.82, 2.24) is 10.2 Å². The summed E-state index contributed by atoms with van der Waals surface area (Å²) in [5.41, 5.74) is 5.53. The highest BCUT2D eigenvalue weighted by Crippen LogP contribution is 2.21. The molecule has 0 saturated carbocycles. The second-order valence-electron chi connectivity index (χ2n) is 2.91. The van der Waals surface area contributed by atoms with Crippen molar-refractivity contribution in [2.24, 2.45) is 0 Å². The summed E-state index contributed by atoms with van der Waals surface area (Å²) in [6.45, 7) is 6.38. The molecule has 0 aliphatic carbocycles. The minimum atomic E-state index is 0.548. The third kappa shape index (κ3) is 2.84. The van der Waals surface area contributed by atoms with Crippen LogP contribution < -0.4 is 10.6 Å². The molecule has 13 heavy (non-hydrogen) atoms. The Labute approximate surface area is 82.8 Å². The van der Waals surface area contributed by atoms with Crippen LogP contribution in [0.25, 0.3) is 0 Å². The fourth-order valence-electron chi connectivity index (χ4n) is 1.20. The van der Waals surface area contributed by atoms with Gasteiger partial charge in [0.1, 0.15) is 0 Å². The molecule has 1 aromatic heterocycles. The molecule has 0 saturated heterocycles. The summed E-state index contributed by atoms with van der Waals surface area (Å²) in [6.07, 6.45) is 2.25. The molecule has 0 aliphatic heterocycles. The van der Waals surface area contributed by atoms with Crippen molar-refractivity contribution in [1.29, 1.82) is 0 Å². The summed E-state index contributed by atoms with van der Waals surface area (Å²) in [4.78, 5) is 2.23. The van der Waals surface area contributed by atoms with Crippen LogP contribution in [0.3, 0.4) is 0 Å². The third-order valence-electron chi connectivity index (χ3n) is 1.69. The van der Waals surface area contributed by atoms with Gasteiger partial charge in [0.05, 0.1) is 0 Å². The zero-order chi connectivity index (χ0) is 9.68. The molecule has 0 fully saturated rings. The SMILES string of the molecule is CCCN(CCC)c1nnc(N)s1. The molecule has 1 rings (SSSR count). The Kier molecular flexibility index (Phi) is 3.95. The lowest BCUT2D eigenvalue weighted by Gasteiger charge is -2.18. The fourth-order valence-corrected chi connectivity index (χ4v) is 1.86. The Hall–Kier alpha value is -0.840. The quantitative estimate of drug-likeness (QED) is 0.786. The fraction of sp³-hybridized carbons (Fsp3) is 0.750. The number of hydrogen-bond donors (Lipinski definition) is 1. The molecule has 4 nitrogen and oxygen atoms in total. The van der Waals surface area contributed by atoms with Crippen LogP contribution in [0.4, 0.5) is 10.3 Å². The first-order valence-corrected chi connectivity index (χ1v) is 5.43. The van der Waals surface area contributed by atoms with Gasteiger partial charge in [-0.1, -0.05) is 25.2 Å². The predicted octanol–water partition coefficient (Wildman–Crippen LogP) is 1.75. The van der Waals surface area contributed by atoms with E-state index < -0.39 is 0 Å². The molecule has 5 heteroatoms. The molecule has 2 N–H and O–H groups in total. The topological polar surface area (TPSA) is 55.0 Å². The van der Waals surface area contributed by atoms with E-state index in [-0.39, 0.29) is 0 Å². The smallest absolute Gasteiger partial charge is 0.209 e. The van der Waals surface area contributed by atoms with Gasteiger partial charge in [-0.2, -0.15) is 0 Å². The van der Waals surface area contributed by atoms with E-state index in [9.17, 15) is 0 Å². The van der Waals surface area contributed by atoms with E-state index in [4.69, 9.17) is 5.73 Å². The van der Waals surface area contributed by atoms with E-state index in [2.05, 4.69) is 28.9 Å². The van der Waals surface area contributed by atoms with Crippen LogP contribution in [0, 0.1) is 0 Å². The van der Waals surface area contributed by atoms with E-state index >= 15 is 0 Å². The van der Waals surface area contributed by atoms with E-state index in [0.717, 1.165) is 31.1 Å². The van der Waals surface area contributed by atoms with Crippen LogP contribution in [0.1, 0.15) is 26.7 Å². The summed E-state index contributed by atoms with van der Waals surface area (Å²) in [6, 6.07) is 0. The van der Waals surface area contributed by atoms with Crippen LogP contribution in [-0.2, 0) is 0 Å². The number of nitrogens with zero attached hydrogens (tertiary/aromatic N) is 3. The lowest BCUT2D eigenvalue weighted by atomic mass is 10.4. The van der Waals surface area contributed by atoms with Gasteiger partial charge in [-0.3, -0.25) is 0 Å². The summed E-state index contributed by atoms with van der Waals surface area (Å²) < 4.78 is 0. The number of rotatable bonds is 5. The molecule has 0 amide bonds. The van der Waals surface area contributed by atoms with Crippen molar-refractivity contribution in [3.05, 3.63) is 0 Å². The normalized spacial score (nSPS) is 10.3. The molecule has 74 valence electrons. The van der Waals surface area contributed by atoms with Crippen LogP contribution in [-0.4, -0.2) is 23.3 Å². The number of nitrogen functional groups attached to an aromatic ring is 1. The van der Waals surface area contributed by atoms with Crippen LogP contribution in [0.2, 0.25) is 0 Å². The first-order chi connectivity index (χ1) is 6.27. The molecule has 1 aromatic rings. The van der Waals surface area contributed by atoms with Gasteiger partial charge in [-0.05, 0) is 12.8 Å². The Morgan fingerprint density at radius 1 is 1.23 bits per heavy atom. The monoisotopic (exact) mass is 200 g/mol. The summed E-state index contributed by atoms with van der Waals surface area (Å²) in [7, 11) is 0. The lowest BCUT2D eigenvalue weighted by molar-refractivity contribution is 0.737. The van der Waals surface area contributed by atoms with Crippen molar-refractivity contribution in [3.8, 4) is 0 Å². The molecule has 0 unspecified atom stereocenters. The van der Waals surface area contributed by atoms with Crippen molar-refractivity contribution in [3.63, 3.8) is 0 Å². The van der Waals surface area contributed by atoms with Gasteiger partial charge in [0.15, 0.2) is 0 Å². The molecule has 0 aromatic carbocycles. The Balaban J connectivity index is 2.63. The van der Waals surface area contributed by atoms with Crippen LogP contribution in [0.15, 0.2) is 0 Å². The minimum absolute atomic E-state index is 0.548. The minimum Gasteiger partial charge on any atom is -0.374 e. The molecule has 0 spiro atoms. The van der Waals surface area contributed by atoms with Crippen molar-refractivity contribution < 1.29 is 0 Å². The second-order valence-corrected chi connectivity index (χ2v) is 3.90. The number of nitrogens with two attached hydrogens (primary N) is 1.